The van der Waals surface area contributed by atoms with E-state index in [1.165, 1.54) is 11.3 Å². The highest BCUT2D eigenvalue weighted by Crippen LogP contribution is 2.24. The zero-order valence-corrected chi connectivity index (χ0v) is 7.76. The van der Waals surface area contributed by atoms with Crippen LogP contribution in [0.15, 0.2) is 11.4 Å². The van der Waals surface area contributed by atoms with Gasteiger partial charge in [-0.25, -0.2) is 0 Å². The molecule has 1 heterocycles. The number of rotatable bonds is 4. The second-order valence-corrected chi connectivity index (χ2v) is 3.11. The molecule has 0 spiro atoms. The van der Waals surface area contributed by atoms with Crippen molar-refractivity contribution in [1.29, 1.82) is 0 Å². The van der Waals surface area contributed by atoms with Crippen LogP contribution in [0.1, 0.15) is 21.5 Å². The molecule has 0 fully saturated rings. The van der Waals surface area contributed by atoms with E-state index in [1.54, 1.807) is 14.2 Å². The molecule has 1 rings (SSSR count). The summed E-state index contributed by atoms with van der Waals surface area (Å²) in [6, 6.07) is 1.83. The van der Waals surface area contributed by atoms with Crippen molar-refractivity contribution in [1.82, 2.24) is 0 Å². The average Bonchev–Trinajstić information content (AvgIpc) is 2.55. The van der Waals surface area contributed by atoms with Crippen molar-refractivity contribution in [3.05, 3.63) is 21.9 Å². The normalized spacial score (nSPS) is 10.6. The molecule has 66 valence electrons. The van der Waals surface area contributed by atoms with Crippen molar-refractivity contribution in [3.63, 3.8) is 0 Å². The molecule has 0 N–H and O–H groups in total. The van der Waals surface area contributed by atoms with Crippen LogP contribution in [-0.2, 0) is 9.47 Å². The molecule has 0 aliphatic carbocycles. The van der Waals surface area contributed by atoms with Crippen LogP contribution in [0.25, 0.3) is 0 Å². The van der Waals surface area contributed by atoms with Crippen LogP contribution in [0.2, 0.25) is 0 Å². The third kappa shape index (κ3) is 1.72. The lowest BCUT2D eigenvalue weighted by Crippen LogP contribution is -2.04. The molecule has 1 aromatic heterocycles. The van der Waals surface area contributed by atoms with Crippen LogP contribution in [0.3, 0.4) is 0 Å². The van der Waals surface area contributed by atoms with Gasteiger partial charge in [0.15, 0.2) is 12.6 Å². The summed E-state index contributed by atoms with van der Waals surface area (Å²) in [5, 5.41) is 1.84. The maximum absolute atomic E-state index is 10.5. The minimum Gasteiger partial charge on any atom is -0.352 e. The molecule has 0 aromatic carbocycles. The van der Waals surface area contributed by atoms with Gasteiger partial charge in [0, 0.05) is 19.8 Å². The van der Waals surface area contributed by atoms with E-state index < -0.39 is 6.29 Å². The summed E-state index contributed by atoms with van der Waals surface area (Å²) in [6.07, 6.45) is 0.377. The SMILES string of the molecule is COC(OC)c1ccsc1C=O. The molecular formula is C8H10O3S. The van der Waals surface area contributed by atoms with Crippen LogP contribution in [0.4, 0.5) is 0 Å². The molecule has 0 saturated carbocycles. The molecule has 1 aromatic rings. The predicted molar refractivity (Wildman–Crippen MR) is 46.5 cm³/mol. The Morgan fingerprint density at radius 3 is 2.67 bits per heavy atom. The molecule has 4 heteroatoms. The summed E-state index contributed by atoms with van der Waals surface area (Å²) in [6.45, 7) is 0. The van der Waals surface area contributed by atoms with Gasteiger partial charge in [0.1, 0.15) is 0 Å². The Hall–Kier alpha value is -0.710. The highest BCUT2D eigenvalue weighted by atomic mass is 32.1. The lowest BCUT2D eigenvalue weighted by Gasteiger charge is -2.11. The third-order valence-corrected chi connectivity index (χ3v) is 2.37. The third-order valence-electron chi connectivity index (χ3n) is 1.52. The van der Waals surface area contributed by atoms with E-state index in [0.717, 1.165) is 11.8 Å². The fourth-order valence-electron chi connectivity index (χ4n) is 0.972. The number of aldehydes is 1. The summed E-state index contributed by atoms with van der Waals surface area (Å²) in [5.74, 6) is 0. The number of thiophene rings is 1. The van der Waals surface area contributed by atoms with E-state index in [0.29, 0.717) is 4.88 Å². The highest BCUT2D eigenvalue weighted by molar-refractivity contribution is 7.11. The number of carbonyl (C=O) groups is 1. The first-order valence-electron chi connectivity index (χ1n) is 3.41. The topological polar surface area (TPSA) is 35.5 Å². The van der Waals surface area contributed by atoms with Gasteiger partial charge in [-0.1, -0.05) is 0 Å². The van der Waals surface area contributed by atoms with Gasteiger partial charge < -0.3 is 9.47 Å². The molecule has 0 radical (unpaired) electrons. The van der Waals surface area contributed by atoms with Crippen LogP contribution >= 0.6 is 11.3 Å². The van der Waals surface area contributed by atoms with E-state index in [9.17, 15) is 4.79 Å². The quantitative estimate of drug-likeness (QED) is 0.531. The zero-order chi connectivity index (χ0) is 8.97. The summed E-state index contributed by atoms with van der Waals surface area (Å²) in [5.41, 5.74) is 0.792. The van der Waals surface area contributed by atoms with Crippen molar-refractivity contribution >= 4 is 17.6 Å². The van der Waals surface area contributed by atoms with E-state index in [4.69, 9.17) is 9.47 Å². The number of hydrogen-bond acceptors (Lipinski definition) is 4. The van der Waals surface area contributed by atoms with Crippen LogP contribution in [0.5, 0.6) is 0 Å². The first kappa shape index (κ1) is 9.38. The molecule has 0 atom stereocenters. The minimum absolute atomic E-state index is 0.434. The predicted octanol–water partition coefficient (Wildman–Crippen LogP) is 1.85. The smallest absolute Gasteiger partial charge is 0.184 e. The van der Waals surface area contributed by atoms with E-state index >= 15 is 0 Å². The fourth-order valence-corrected chi connectivity index (χ4v) is 1.69. The number of carbonyl (C=O) groups excluding carboxylic acids is 1. The first-order valence-corrected chi connectivity index (χ1v) is 4.29. The van der Waals surface area contributed by atoms with Gasteiger partial charge in [-0.2, -0.15) is 0 Å². The van der Waals surface area contributed by atoms with Gasteiger partial charge in [0.25, 0.3) is 0 Å². The van der Waals surface area contributed by atoms with Crippen LogP contribution in [-0.4, -0.2) is 20.5 Å². The average molecular weight is 186 g/mol. The number of ether oxygens (including phenoxy) is 2. The maximum atomic E-state index is 10.5. The van der Waals surface area contributed by atoms with E-state index in [2.05, 4.69) is 0 Å². The Balaban J connectivity index is 2.90. The Morgan fingerprint density at radius 2 is 2.17 bits per heavy atom. The van der Waals surface area contributed by atoms with Crippen molar-refractivity contribution in [2.24, 2.45) is 0 Å². The second kappa shape index (κ2) is 4.35. The zero-order valence-electron chi connectivity index (χ0n) is 6.94. The summed E-state index contributed by atoms with van der Waals surface area (Å²) >= 11 is 1.38. The maximum Gasteiger partial charge on any atom is 0.184 e. The summed E-state index contributed by atoms with van der Waals surface area (Å²) < 4.78 is 10.0. The van der Waals surface area contributed by atoms with Gasteiger partial charge in [0.2, 0.25) is 0 Å². The van der Waals surface area contributed by atoms with Gasteiger partial charge in [-0.3, -0.25) is 4.79 Å². The molecule has 0 aliphatic heterocycles. The Bertz CT molecular complexity index is 253. The van der Waals surface area contributed by atoms with Crippen LogP contribution < -0.4 is 0 Å². The molecule has 0 aliphatic rings. The molecule has 0 bridgehead atoms. The standard InChI is InChI=1S/C8H10O3S/c1-10-8(11-2)6-3-4-12-7(6)5-9/h3-5,8H,1-2H3. The molecule has 0 amide bonds. The highest BCUT2D eigenvalue weighted by Gasteiger charge is 2.13. The van der Waals surface area contributed by atoms with Crippen molar-refractivity contribution in [3.8, 4) is 0 Å². The molecule has 0 saturated heterocycles. The van der Waals surface area contributed by atoms with Gasteiger partial charge in [0.05, 0.1) is 4.88 Å². The van der Waals surface area contributed by atoms with Gasteiger partial charge >= 0.3 is 0 Å². The lowest BCUT2D eigenvalue weighted by atomic mass is 10.2. The summed E-state index contributed by atoms with van der Waals surface area (Å²) in [4.78, 5) is 11.2. The monoisotopic (exact) mass is 186 g/mol. The minimum atomic E-state index is -0.434. The largest absolute Gasteiger partial charge is 0.352 e. The number of hydrogen-bond donors (Lipinski definition) is 0. The van der Waals surface area contributed by atoms with E-state index in [1.807, 2.05) is 11.4 Å². The first-order chi connectivity index (χ1) is 5.83. The van der Waals surface area contributed by atoms with Gasteiger partial charge in [-0.05, 0) is 11.4 Å². The van der Waals surface area contributed by atoms with Gasteiger partial charge in [-0.15, -0.1) is 11.3 Å². The molecule has 3 nitrogen and oxygen atoms in total. The fraction of sp³-hybridized carbons (Fsp3) is 0.375. The lowest BCUT2D eigenvalue weighted by molar-refractivity contribution is -0.105. The van der Waals surface area contributed by atoms with Crippen molar-refractivity contribution in [2.45, 2.75) is 6.29 Å². The Kier molecular flexibility index (Phi) is 3.40. The Labute approximate surface area is 74.9 Å². The van der Waals surface area contributed by atoms with Crippen LogP contribution in [0, 0.1) is 0 Å². The van der Waals surface area contributed by atoms with Crippen molar-refractivity contribution < 1.29 is 14.3 Å². The van der Waals surface area contributed by atoms with E-state index in [-0.39, 0.29) is 0 Å². The molecule has 0 unspecified atom stereocenters. The Morgan fingerprint density at radius 1 is 1.50 bits per heavy atom. The summed E-state index contributed by atoms with van der Waals surface area (Å²) in [7, 11) is 3.08. The van der Waals surface area contributed by atoms with Crippen molar-refractivity contribution in [2.75, 3.05) is 14.2 Å². The molecular weight excluding hydrogens is 176 g/mol. The second-order valence-electron chi connectivity index (χ2n) is 2.16. The number of methoxy groups -OCH3 is 2. The molecule has 12 heavy (non-hydrogen) atoms.